The first-order valence-corrected chi connectivity index (χ1v) is 8.65. The van der Waals surface area contributed by atoms with Gasteiger partial charge in [0.1, 0.15) is 6.54 Å². The molecule has 124 valence electrons. The zero-order valence-corrected chi connectivity index (χ0v) is 14.7. The van der Waals surface area contributed by atoms with Crippen molar-refractivity contribution in [3.63, 3.8) is 0 Å². The predicted octanol–water partition coefficient (Wildman–Crippen LogP) is 5.06. The number of hydrogen-bond acceptors (Lipinski definition) is 1. The Balaban J connectivity index is 1.83. The summed E-state index contributed by atoms with van der Waals surface area (Å²) >= 11 is 6.02. The lowest BCUT2D eigenvalue weighted by Crippen LogP contribution is -2.20. The lowest BCUT2D eigenvalue weighted by Gasteiger charge is -2.15. The van der Waals surface area contributed by atoms with Crippen molar-refractivity contribution in [1.29, 1.82) is 0 Å². The van der Waals surface area contributed by atoms with Gasteiger partial charge in [-0.15, -0.1) is 0 Å². The van der Waals surface area contributed by atoms with Gasteiger partial charge < -0.3 is 9.88 Å². The number of amides is 1. The molecule has 0 aliphatic rings. The smallest absolute Gasteiger partial charge is 0.244 e. The molecule has 1 heterocycles. The number of halogens is 1. The van der Waals surface area contributed by atoms with Crippen molar-refractivity contribution in [3.8, 4) is 0 Å². The fourth-order valence-corrected chi connectivity index (χ4v) is 3.23. The summed E-state index contributed by atoms with van der Waals surface area (Å²) in [6.07, 6.45) is 3.72. The second-order valence-corrected chi connectivity index (χ2v) is 6.29. The highest BCUT2D eigenvalue weighted by Crippen LogP contribution is 2.23. The van der Waals surface area contributed by atoms with Crippen LogP contribution in [0.1, 0.15) is 25.0 Å². The van der Waals surface area contributed by atoms with E-state index in [2.05, 4.69) is 37.4 Å². The quantitative estimate of drug-likeness (QED) is 0.692. The summed E-state index contributed by atoms with van der Waals surface area (Å²) in [5, 5.41) is 4.85. The van der Waals surface area contributed by atoms with E-state index in [0.29, 0.717) is 5.02 Å². The number of hydrogen-bond donors (Lipinski definition) is 1. The van der Waals surface area contributed by atoms with E-state index in [0.717, 1.165) is 29.4 Å². The molecule has 0 saturated carbocycles. The molecule has 24 heavy (non-hydrogen) atoms. The van der Waals surface area contributed by atoms with Crippen molar-refractivity contribution in [2.75, 3.05) is 5.32 Å². The molecule has 0 aliphatic heterocycles. The second kappa shape index (κ2) is 7.10. The lowest BCUT2D eigenvalue weighted by atomic mass is 10.0. The third-order valence-electron chi connectivity index (χ3n) is 4.31. The normalized spacial score (nSPS) is 11.0. The van der Waals surface area contributed by atoms with Crippen LogP contribution in [0.25, 0.3) is 10.9 Å². The number of nitrogens with one attached hydrogen (secondary N) is 1. The molecule has 3 rings (SSSR count). The number of aryl methyl sites for hydroxylation is 2. The number of carbonyl (C=O) groups is 1. The van der Waals surface area contributed by atoms with E-state index in [1.165, 1.54) is 11.1 Å². The van der Waals surface area contributed by atoms with Crippen molar-refractivity contribution < 1.29 is 4.79 Å². The third kappa shape index (κ3) is 3.31. The van der Waals surface area contributed by atoms with Gasteiger partial charge in [-0.3, -0.25) is 4.79 Å². The first kappa shape index (κ1) is 16.6. The fourth-order valence-electron chi connectivity index (χ4n) is 3.05. The number of fused-ring (bicyclic) bond motifs is 1. The molecule has 3 nitrogen and oxygen atoms in total. The average molecular weight is 341 g/mol. The van der Waals surface area contributed by atoms with Crippen molar-refractivity contribution in [2.45, 2.75) is 33.2 Å². The molecule has 0 unspecified atom stereocenters. The van der Waals surface area contributed by atoms with Gasteiger partial charge >= 0.3 is 0 Å². The van der Waals surface area contributed by atoms with Crippen LogP contribution in [0.5, 0.6) is 0 Å². The van der Waals surface area contributed by atoms with Gasteiger partial charge in [-0.25, -0.2) is 0 Å². The molecule has 0 atom stereocenters. The second-order valence-electron chi connectivity index (χ2n) is 5.85. The monoisotopic (exact) mass is 340 g/mol. The zero-order valence-electron chi connectivity index (χ0n) is 14.0. The molecule has 0 aliphatic carbocycles. The number of nitrogens with zero attached hydrogens (tertiary/aromatic N) is 1. The number of carbonyl (C=O) groups excluding carboxylic acids is 1. The molecule has 0 spiro atoms. The zero-order chi connectivity index (χ0) is 17.1. The SMILES string of the molecule is CCc1cccc(CC)c1NC(=O)Cn1ccc2cc(Cl)ccc21. The minimum absolute atomic E-state index is 0.0157. The van der Waals surface area contributed by atoms with Crippen molar-refractivity contribution in [1.82, 2.24) is 4.57 Å². The molecule has 1 N–H and O–H groups in total. The number of benzene rings is 2. The van der Waals surface area contributed by atoms with Gasteiger partial charge in [0.05, 0.1) is 0 Å². The Morgan fingerprint density at radius 3 is 2.46 bits per heavy atom. The molecule has 0 bridgehead atoms. The maximum absolute atomic E-state index is 12.6. The molecule has 1 amide bonds. The molecule has 0 fully saturated rings. The maximum atomic E-state index is 12.6. The maximum Gasteiger partial charge on any atom is 0.244 e. The molecule has 1 aromatic heterocycles. The summed E-state index contributed by atoms with van der Waals surface area (Å²) in [5.74, 6) is -0.0157. The average Bonchev–Trinajstić information content (AvgIpc) is 2.96. The highest BCUT2D eigenvalue weighted by Gasteiger charge is 2.11. The molecular weight excluding hydrogens is 320 g/mol. The van der Waals surface area contributed by atoms with Gasteiger partial charge in [-0.2, -0.15) is 0 Å². The van der Waals surface area contributed by atoms with Crippen molar-refractivity contribution in [2.24, 2.45) is 0 Å². The van der Waals surface area contributed by atoms with E-state index >= 15 is 0 Å². The van der Waals surface area contributed by atoms with Crippen LogP contribution in [0.2, 0.25) is 5.02 Å². The summed E-state index contributed by atoms with van der Waals surface area (Å²) in [6, 6.07) is 13.9. The first-order chi connectivity index (χ1) is 11.6. The minimum Gasteiger partial charge on any atom is -0.338 e. The molecular formula is C20H21ClN2O. The Hall–Kier alpha value is -2.26. The number of aromatic nitrogens is 1. The fraction of sp³-hybridized carbons (Fsp3) is 0.250. The Morgan fingerprint density at radius 1 is 1.08 bits per heavy atom. The number of rotatable bonds is 5. The van der Waals surface area contributed by atoms with Crippen LogP contribution in [-0.4, -0.2) is 10.5 Å². The van der Waals surface area contributed by atoms with Gasteiger partial charge in [0, 0.05) is 27.8 Å². The molecule has 3 aromatic rings. The third-order valence-corrected chi connectivity index (χ3v) is 4.55. The summed E-state index contributed by atoms with van der Waals surface area (Å²) < 4.78 is 1.95. The first-order valence-electron chi connectivity index (χ1n) is 8.27. The summed E-state index contributed by atoms with van der Waals surface area (Å²) in [4.78, 5) is 12.6. The predicted molar refractivity (Wildman–Crippen MR) is 101 cm³/mol. The number of anilines is 1. The summed E-state index contributed by atoms with van der Waals surface area (Å²) in [7, 11) is 0. The van der Waals surface area contributed by atoms with E-state index in [-0.39, 0.29) is 12.5 Å². The molecule has 2 aromatic carbocycles. The van der Waals surface area contributed by atoms with Crippen LogP contribution in [0.4, 0.5) is 5.69 Å². The largest absolute Gasteiger partial charge is 0.338 e. The van der Waals surface area contributed by atoms with E-state index in [1.54, 1.807) is 0 Å². The number of para-hydroxylation sites is 1. The van der Waals surface area contributed by atoms with Gasteiger partial charge in [0.2, 0.25) is 5.91 Å². The van der Waals surface area contributed by atoms with E-state index in [1.807, 2.05) is 35.0 Å². The van der Waals surface area contributed by atoms with E-state index < -0.39 is 0 Å². The molecule has 0 saturated heterocycles. The van der Waals surface area contributed by atoms with Crippen LogP contribution >= 0.6 is 11.6 Å². The van der Waals surface area contributed by atoms with Crippen LogP contribution in [0, 0.1) is 0 Å². The minimum atomic E-state index is -0.0157. The highest BCUT2D eigenvalue weighted by atomic mass is 35.5. The Bertz CT molecular complexity index is 860. The topological polar surface area (TPSA) is 34.0 Å². The lowest BCUT2D eigenvalue weighted by molar-refractivity contribution is -0.116. The van der Waals surface area contributed by atoms with Crippen molar-refractivity contribution >= 4 is 34.1 Å². The highest BCUT2D eigenvalue weighted by molar-refractivity contribution is 6.31. The Kier molecular flexibility index (Phi) is 4.91. The van der Waals surface area contributed by atoms with Crippen LogP contribution in [0.15, 0.2) is 48.7 Å². The van der Waals surface area contributed by atoms with E-state index in [9.17, 15) is 4.79 Å². The van der Waals surface area contributed by atoms with Crippen molar-refractivity contribution in [3.05, 3.63) is 64.8 Å². The Morgan fingerprint density at radius 2 is 1.79 bits per heavy atom. The van der Waals surface area contributed by atoms with Gasteiger partial charge in [0.25, 0.3) is 0 Å². The standard InChI is InChI=1S/C20H21ClN2O/c1-3-14-6-5-7-15(4-2)20(14)22-19(24)13-23-11-10-16-12-17(21)8-9-18(16)23/h5-12H,3-4,13H2,1-2H3,(H,22,24). The van der Waals surface area contributed by atoms with E-state index in [4.69, 9.17) is 11.6 Å². The van der Waals surface area contributed by atoms with Gasteiger partial charge in [-0.1, -0.05) is 43.6 Å². The van der Waals surface area contributed by atoms with Gasteiger partial charge in [-0.05, 0) is 48.2 Å². The van der Waals surface area contributed by atoms with Crippen LogP contribution < -0.4 is 5.32 Å². The van der Waals surface area contributed by atoms with Gasteiger partial charge in [0.15, 0.2) is 0 Å². The summed E-state index contributed by atoms with van der Waals surface area (Å²) in [6.45, 7) is 4.49. The Labute approximate surface area is 147 Å². The summed E-state index contributed by atoms with van der Waals surface area (Å²) in [5.41, 5.74) is 4.32. The van der Waals surface area contributed by atoms with Crippen LogP contribution in [-0.2, 0) is 24.2 Å². The van der Waals surface area contributed by atoms with Crippen LogP contribution in [0.3, 0.4) is 0 Å². The molecule has 4 heteroatoms. The molecule has 0 radical (unpaired) electrons.